The fourth-order valence-corrected chi connectivity index (χ4v) is 8.00. The van der Waals surface area contributed by atoms with Crippen LogP contribution in [0, 0.1) is 17.7 Å². The quantitative estimate of drug-likeness (QED) is 0.630. The van der Waals surface area contributed by atoms with Crippen LogP contribution >= 0.6 is 0 Å². The summed E-state index contributed by atoms with van der Waals surface area (Å²) in [6, 6.07) is 14.3. The van der Waals surface area contributed by atoms with Crippen LogP contribution in [-0.4, -0.2) is 50.1 Å². The Hall–Kier alpha value is -2.44. The van der Waals surface area contributed by atoms with E-state index in [4.69, 9.17) is 4.74 Å². The number of nitrogens with one attached hydrogen (secondary N) is 2. The average molecular weight is 506 g/mol. The first-order valence-electron chi connectivity index (χ1n) is 14.2. The largest absolute Gasteiger partial charge is 0.496 e. The van der Waals surface area contributed by atoms with Crippen molar-refractivity contribution in [2.75, 3.05) is 33.3 Å². The number of carbonyl (C=O) groups is 1. The Morgan fingerprint density at radius 2 is 1.81 bits per heavy atom. The average Bonchev–Trinajstić information content (AvgIpc) is 3.37. The molecule has 3 fully saturated rings. The summed E-state index contributed by atoms with van der Waals surface area (Å²) >= 11 is 0. The van der Waals surface area contributed by atoms with E-state index in [-0.39, 0.29) is 23.7 Å². The van der Waals surface area contributed by atoms with Crippen LogP contribution in [0.2, 0.25) is 0 Å². The molecule has 2 N–H and O–H groups in total. The molecule has 4 aliphatic rings. The number of piperidine rings is 1. The van der Waals surface area contributed by atoms with Gasteiger partial charge >= 0.3 is 0 Å². The second-order valence-corrected chi connectivity index (χ2v) is 11.7. The monoisotopic (exact) mass is 505 g/mol. The van der Waals surface area contributed by atoms with Gasteiger partial charge in [-0.15, -0.1) is 0 Å². The Morgan fingerprint density at radius 3 is 2.59 bits per heavy atom. The number of methoxy groups -OCH3 is 1. The standard InChI is InChI=1S/C31H40FN3O2/c1-37-28-13-12-26(32)29-24(28)17-33-19-31(29)20-34-18-25(31)30(36)35-15-14-23(21-8-4-2-5-9-21)16-27(35)22-10-6-3-7-11-22/h2,4-5,8-9,12-13,22-23,25,27,33-34H,3,6-7,10-11,14-20H2,1H3. The van der Waals surface area contributed by atoms with Gasteiger partial charge in [-0.25, -0.2) is 4.39 Å². The predicted octanol–water partition coefficient (Wildman–Crippen LogP) is 4.75. The van der Waals surface area contributed by atoms with Crippen molar-refractivity contribution in [3.05, 3.63) is 65.0 Å². The normalized spacial score (nSPS) is 30.3. The van der Waals surface area contributed by atoms with Crippen LogP contribution < -0.4 is 15.4 Å². The maximum Gasteiger partial charge on any atom is 0.228 e. The van der Waals surface area contributed by atoms with Crippen LogP contribution in [0.4, 0.5) is 4.39 Å². The second kappa shape index (κ2) is 10.4. The summed E-state index contributed by atoms with van der Waals surface area (Å²) in [6.45, 7) is 3.13. The van der Waals surface area contributed by atoms with E-state index in [2.05, 4.69) is 45.9 Å². The molecule has 4 atom stereocenters. The van der Waals surface area contributed by atoms with Gasteiger partial charge in [-0.1, -0.05) is 49.6 Å². The van der Waals surface area contributed by atoms with Gasteiger partial charge in [0.05, 0.1) is 13.0 Å². The van der Waals surface area contributed by atoms with Gasteiger partial charge in [0.25, 0.3) is 0 Å². The molecule has 37 heavy (non-hydrogen) atoms. The van der Waals surface area contributed by atoms with Crippen molar-refractivity contribution in [3.8, 4) is 5.75 Å². The molecule has 198 valence electrons. The number of hydrogen-bond donors (Lipinski definition) is 2. The SMILES string of the molecule is COc1ccc(F)c2c1CNCC21CNCC1C(=O)N1CCC(c2ccccc2)CC1C1CCCCC1. The number of likely N-dealkylation sites (tertiary alicyclic amines) is 1. The number of amides is 1. The minimum atomic E-state index is -0.601. The van der Waals surface area contributed by atoms with Crippen LogP contribution in [-0.2, 0) is 16.8 Å². The van der Waals surface area contributed by atoms with E-state index in [9.17, 15) is 4.79 Å². The molecule has 5 nitrogen and oxygen atoms in total. The number of benzene rings is 2. The molecule has 0 bridgehead atoms. The maximum atomic E-state index is 15.5. The van der Waals surface area contributed by atoms with Crippen molar-refractivity contribution >= 4 is 5.91 Å². The third-order valence-corrected chi connectivity index (χ3v) is 9.83. The van der Waals surface area contributed by atoms with Crippen molar-refractivity contribution < 1.29 is 13.9 Å². The van der Waals surface area contributed by atoms with Gasteiger partial charge in [0, 0.05) is 55.3 Å². The molecule has 6 rings (SSSR count). The van der Waals surface area contributed by atoms with E-state index in [1.807, 2.05) is 0 Å². The van der Waals surface area contributed by atoms with E-state index >= 15 is 4.39 Å². The zero-order chi connectivity index (χ0) is 25.4. The lowest BCUT2D eigenvalue weighted by molar-refractivity contribution is -0.142. The Labute approximate surface area is 220 Å². The molecule has 2 aromatic carbocycles. The highest BCUT2D eigenvalue weighted by atomic mass is 19.1. The number of fused-ring (bicyclic) bond motifs is 2. The molecule has 1 amide bonds. The first-order valence-corrected chi connectivity index (χ1v) is 14.2. The Morgan fingerprint density at radius 1 is 1.03 bits per heavy atom. The van der Waals surface area contributed by atoms with Crippen LogP contribution in [0.5, 0.6) is 5.75 Å². The van der Waals surface area contributed by atoms with Gasteiger partial charge in [0.2, 0.25) is 5.91 Å². The van der Waals surface area contributed by atoms with Gasteiger partial charge in [-0.05, 0) is 55.2 Å². The van der Waals surface area contributed by atoms with Gasteiger partial charge in [-0.2, -0.15) is 0 Å². The van der Waals surface area contributed by atoms with Gasteiger partial charge in [0.1, 0.15) is 11.6 Å². The molecule has 1 aliphatic carbocycles. The zero-order valence-corrected chi connectivity index (χ0v) is 22.0. The molecular formula is C31H40FN3O2. The molecule has 2 aromatic rings. The Balaban J connectivity index is 1.33. The minimum Gasteiger partial charge on any atom is -0.496 e. The number of nitrogens with zero attached hydrogens (tertiary/aromatic N) is 1. The van der Waals surface area contributed by atoms with E-state index < -0.39 is 5.41 Å². The molecule has 3 heterocycles. The smallest absolute Gasteiger partial charge is 0.228 e. The maximum absolute atomic E-state index is 15.5. The summed E-state index contributed by atoms with van der Waals surface area (Å²) in [4.78, 5) is 16.8. The molecule has 3 aliphatic heterocycles. The lowest BCUT2D eigenvalue weighted by atomic mass is 9.67. The second-order valence-electron chi connectivity index (χ2n) is 11.7. The van der Waals surface area contributed by atoms with E-state index in [1.54, 1.807) is 13.2 Å². The van der Waals surface area contributed by atoms with E-state index in [0.29, 0.717) is 49.3 Å². The van der Waals surface area contributed by atoms with Crippen LogP contribution in [0.25, 0.3) is 0 Å². The van der Waals surface area contributed by atoms with Crippen molar-refractivity contribution in [3.63, 3.8) is 0 Å². The molecule has 4 unspecified atom stereocenters. The molecule has 6 heteroatoms. The minimum absolute atomic E-state index is 0.212. The first kappa shape index (κ1) is 24.9. The topological polar surface area (TPSA) is 53.6 Å². The highest BCUT2D eigenvalue weighted by Gasteiger charge is 2.54. The molecule has 0 aromatic heterocycles. The third-order valence-electron chi connectivity index (χ3n) is 9.83. The van der Waals surface area contributed by atoms with E-state index in [1.165, 1.54) is 43.7 Å². The van der Waals surface area contributed by atoms with E-state index in [0.717, 1.165) is 24.9 Å². The van der Waals surface area contributed by atoms with Crippen molar-refractivity contribution in [1.29, 1.82) is 0 Å². The van der Waals surface area contributed by atoms with Gasteiger partial charge < -0.3 is 20.3 Å². The number of hydrogen-bond acceptors (Lipinski definition) is 4. The summed E-state index contributed by atoms with van der Waals surface area (Å²) in [5.41, 5.74) is 2.34. The van der Waals surface area contributed by atoms with Crippen molar-refractivity contribution in [2.24, 2.45) is 11.8 Å². The Kier molecular flexibility index (Phi) is 6.97. The Bertz CT molecular complexity index is 1120. The van der Waals surface area contributed by atoms with Crippen LogP contribution in [0.1, 0.15) is 67.6 Å². The van der Waals surface area contributed by atoms with Crippen molar-refractivity contribution in [2.45, 2.75) is 68.9 Å². The molecular weight excluding hydrogens is 465 g/mol. The molecule has 0 radical (unpaired) electrons. The molecule has 1 spiro atoms. The summed E-state index contributed by atoms with van der Waals surface area (Å²) < 4.78 is 21.1. The summed E-state index contributed by atoms with van der Waals surface area (Å²) in [5, 5.41) is 7.00. The molecule has 1 saturated carbocycles. The number of halogens is 1. The summed E-state index contributed by atoms with van der Waals surface area (Å²) in [5.74, 6) is 1.45. The number of ether oxygens (including phenoxy) is 1. The third kappa shape index (κ3) is 4.36. The first-order chi connectivity index (χ1) is 18.1. The highest BCUT2D eigenvalue weighted by molar-refractivity contribution is 5.82. The highest BCUT2D eigenvalue weighted by Crippen LogP contribution is 2.46. The van der Waals surface area contributed by atoms with Crippen LogP contribution in [0.3, 0.4) is 0 Å². The fourth-order valence-electron chi connectivity index (χ4n) is 8.00. The van der Waals surface area contributed by atoms with Crippen LogP contribution in [0.15, 0.2) is 42.5 Å². The van der Waals surface area contributed by atoms with Gasteiger partial charge in [0.15, 0.2) is 0 Å². The summed E-state index contributed by atoms with van der Waals surface area (Å²) in [7, 11) is 1.63. The lowest BCUT2D eigenvalue weighted by Crippen LogP contribution is -2.57. The molecule has 2 saturated heterocycles. The van der Waals surface area contributed by atoms with Gasteiger partial charge in [-0.3, -0.25) is 4.79 Å². The fraction of sp³-hybridized carbons (Fsp3) is 0.581. The predicted molar refractivity (Wildman–Crippen MR) is 143 cm³/mol. The number of rotatable bonds is 4. The van der Waals surface area contributed by atoms with Crippen molar-refractivity contribution in [1.82, 2.24) is 15.5 Å². The zero-order valence-electron chi connectivity index (χ0n) is 22.0. The lowest BCUT2D eigenvalue weighted by Gasteiger charge is -2.48. The number of carbonyl (C=O) groups excluding carboxylic acids is 1. The summed E-state index contributed by atoms with van der Waals surface area (Å²) in [6.07, 6.45) is 8.26.